The van der Waals surface area contributed by atoms with Crippen LogP contribution >= 0.6 is 22.9 Å². The van der Waals surface area contributed by atoms with Crippen LogP contribution in [0.4, 0.5) is 11.8 Å². The molecule has 1 aliphatic rings. The molecule has 2 aromatic rings. The fraction of sp³-hybridized carbons (Fsp3) is 0.467. The first-order valence-corrected chi connectivity index (χ1v) is 8.64. The Morgan fingerprint density at radius 2 is 2.33 bits per heavy atom. The van der Waals surface area contributed by atoms with Crippen LogP contribution in [0, 0.1) is 0 Å². The molecule has 4 nitrogen and oxygen atoms in total. The molecule has 6 heteroatoms. The average Bonchev–Trinajstić information content (AvgIpc) is 3.21. The summed E-state index contributed by atoms with van der Waals surface area (Å²) in [6.07, 6.45) is 5.16. The lowest BCUT2D eigenvalue weighted by Crippen LogP contribution is -2.26. The zero-order chi connectivity index (χ0) is 14.7. The van der Waals surface area contributed by atoms with E-state index in [2.05, 4.69) is 43.9 Å². The summed E-state index contributed by atoms with van der Waals surface area (Å²) in [6.45, 7) is 3.85. The van der Waals surface area contributed by atoms with Crippen molar-refractivity contribution in [3.8, 4) is 0 Å². The minimum Gasteiger partial charge on any atom is -0.354 e. The third kappa shape index (κ3) is 3.66. The molecule has 0 atom stereocenters. The Morgan fingerprint density at radius 1 is 1.48 bits per heavy atom. The van der Waals surface area contributed by atoms with Gasteiger partial charge in [0.05, 0.1) is 6.20 Å². The average molecular weight is 323 g/mol. The summed E-state index contributed by atoms with van der Waals surface area (Å²) in [5, 5.41) is 8.14. The maximum atomic E-state index is 6.35. The summed E-state index contributed by atoms with van der Waals surface area (Å²) in [4.78, 5) is 11.2. The van der Waals surface area contributed by atoms with Crippen LogP contribution in [-0.4, -0.2) is 22.6 Å². The molecule has 1 N–H and O–H groups in total. The van der Waals surface area contributed by atoms with Crippen molar-refractivity contribution in [1.29, 1.82) is 0 Å². The zero-order valence-corrected chi connectivity index (χ0v) is 13.6. The van der Waals surface area contributed by atoms with E-state index in [1.165, 1.54) is 18.4 Å². The van der Waals surface area contributed by atoms with Gasteiger partial charge < -0.3 is 10.2 Å². The minimum absolute atomic E-state index is 0.552. The van der Waals surface area contributed by atoms with E-state index in [4.69, 9.17) is 11.6 Å². The van der Waals surface area contributed by atoms with Crippen molar-refractivity contribution in [2.24, 2.45) is 0 Å². The van der Waals surface area contributed by atoms with Gasteiger partial charge in [-0.1, -0.05) is 18.5 Å². The topological polar surface area (TPSA) is 41.1 Å². The molecule has 0 spiro atoms. The van der Waals surface area contributed by atoms with E-state index in [1.54, 1.807) is 17.5 Å². The maximum absolute atomic E-state index is 6.35. The predicted octanol–water partition coefficient (Wildman–Crippen LogP) is 4.18. The molecule has 1 aliphatic carbocycles. The largest absolute Gasteiger partial charge is 0.354 e. The fourth-order valence-corrected chi connectivity index (χ4v) is 3.08. The first-order valence-electron chi connectivity index (χ1n) is 7.32. The molecule has 0 aliphatic heterocycles. The monoisotopic (exact) mass is 322 g/mol. The molecule has 21 heavy (non-hydrogen) atoms. The highest BCUT2D eigenvalue weighted by molar-refractivity contribution is 7.07. The molecule has 3 rings (SSSR count). The standard InChI is InChI=1S/C15H19ClN4S/c1-2-6-17-15-18-8-13(16)14(19-15)20(12-3-4-12)9-11-5-7-21-10-11/h5,7-8,10,12H,2-4,6,9H2,1H3,(H,17,18,19). The van der Waals surface area contributed by atoms with Gasteiger partial charge in [-0.15, -0.1) is 0 Å². The lowest BCUT2D eigenvalue weighted by Gasteiger charge is -2.24. The van der Waals surface area contributed by atoms with Crippen molar-refractivity contribution in [2.45, 2.75) is 38.8 Å². The van der Waals surface area contributed by atoms with Crippen LogP contribution in [0.3, 0.4) is 0 Å². The van der Waals surface area contributed by atoms with Gasteiger partial charge in [0, 0.05) is 19.1 Å². The molecule has 0 radical (unpaired) electrons. The summed E-state index contributed by atoms with van der Waals surface area (Å²) < 4.78 is 0. The highest BCUT2D eigenvalue weighted by Crippen LogP contribution is 2.36. The second-order valence-corrected chi connectivity index (χ2v) is 6.47. The van der Waals surface area contributed by atoms with Crippen molar-refractivity contribution < 1.29 is 0 Å². The van der Waals surface area contributed by atoms with E-state index < -0.39 is 0 Å². The molecule has 1 fully saturated rings. The fourth-order valence-electron chi connectivity index (χ4n) is 2.22. The summed E-state index contributed by atoms with van der Waals surface area (Å²) in [5.74, 6) is 1.51. The van der Waals surface area contributed by atoms with Gasteiger partial charge in [0.1, 0.15) is 5.02 Å². The highest BCUT2D eigenvalue weighted by Gasteiger charge is 2.31. The van der Waals surface area contributed by atoms with Crippen molar-refractivity contribution in [1.82, 2.24) is 9.97 Å². The first kappa shape index (κ1) is 14.6. The van der Waals surface area contributed by atoms with E-state index in [0.29, 0.717) is 17.0 Å². The van der Waals surface area contributed by atoms with Crippen molar-refractivity contribution in [3.63, 3.8) is 0 Å². The van der Waals surface area contributed by atoms with Gasteiger partial charge in [-0.25, -0.2) is 4.98 Å². The molecule has 1 saturated carbocycles. The lowest BCUT2D eigenvalue weighted by molar-refractivity contribution is 0.777. The summed E-state index contributed by atoms with van der Waals surface area (Å²) in [7, 11) is 0. The lowest BCUT2D eigenvalue weighted by atomic mass is 10.3. The number of nitrogens with one attached hydrogen (secondary N) is 1. The molecule has 0 aromatic carbocycles. The maximum Gasteiger partial charge on any atom is 0.224 e. The number of halogens is 1. The molecule has 112 valence electrons. The van der Waals surface area contributed by atoms with Crippen LogP contribution in [0.5, 0.6) is 0 Å². The van der Waals surface area contributed by atoms with Gasteiger partial charge in [-0.3, -0.25) is 0 Å². The molecule has 2 aromatic heterocycles. The van der Waals surface area contributed by atoms with E-state index in [-0.39, 0.29) is 0 Å². The Bertz CT molecular complexity index is 583. The Kier molecular flexibility index (Phi) is 4.60. The summed E-state index contributed by atoms with van der Waals surface area (Å²) in [6, 6.07) is 2.71. The van der Waals surface area contributed by atoms with Crippen molar-refractivity contribution >= 4 is 34.7 Å². The molecular formula is C15H19ClN4S. The molecular weight excluding hydrogens is 304 g/mol. The number of aromatic nitrogens is 2. The van der Waals surface area contributed by atoms with E-state index in [0.717, 1.165) is 25.3 Å². The van der Waals surface area contributed by atoms with Crippen LogP contribution < -0.4 is 10.2 Å². The zero-order valence-electron chi connectivity index (χ0n) is 12.1. The van der Waals surface area contributed by atoms with Crippen molar-refractivity contribution in [3.05, 3.63) is 33.6 Å². The number of thiophene rings is 1. The van der Waals surface area contributed by atoms with Gasteiger partial charge in [0.2, 0.25) is 5.95 Å². The Morgan fingerprint density at radius 3 is 3.00 bits per heavy atom. The van der Waals surface area contributed by atoms with Gasteiger partial charge in [0.25, 0.3) is 0 Å². The summed E-state index contributed by atoms with van der Waals surface area (Å²) in [5.41, 5.74) is 1.31. The van der Waals surface area contributed by atoms with Crippen LogP contribution in [0.2, 0.25) is 5.02 Å². The molecule has 0 saturated heterocycles. The van der Waals surface area contributed by atoms with Gasteiger partial charge in [-0.2, -0.15) is 16.3 Å². The minimum atomic E-state index is 0.552. The van der Waals surface area contributed by atoms with E-state index in [9.17, 15) is 0 Å². The third-order valence-corrected chi connectivity index (χ3v) is 4.45. The Hall–Kier alpha value is -1.33. The summed E-state index contributed by atoms with van der Waals surface area (Å²) >= 11 is 8.07. The number of rotatable bonds is 7. The Labute approximate surface area is 134 Å². The smallest absolute Gasteiger partial charge is 0.224 e. The molecule has 0 unspecified atom stereocenters. The third-order valence-electron chi connectivity index (χ3n) is 3.45. The van der Waals surface area contributed by atoms with Crippen molar-refractivity contribution in [2.75, 3.05) is 16.8 Å². The van der Waals surface area contributed by atoms with Crippen LogP contribution in [0.25, 0.3) is 0 Å². The molecule has 0 amide bonds. The van der Waals surface area contributed by atoms with Crippen LogP contribution in [0.15, 0.2) is 23.0 Å². The van der Waals surface area contributed by atoms with Gasteiger partial charge in [0.15, 0.2) is 5.82 Å². The molecule has 2 heterocycles. The number of hydrogen-bond acceptors (Lipinski definition) is 5. The van der Waals surface area contributed by atoms with Crippen LogP contribution in [-0.2, 0) is 6.54 Å². The molecule has 0 bridgehead atoms. The van der Waals surface area contributed by atoms with Gasteiger partial charge in [-0.05, 0) is 41.7 Å². The highest BCUT2D eigenvalue weighted by atomic mass is 35.5. The Balaban J connectivity index is 1.84. The normalized spacial score (nSPS) is 14.2. The predicted molar refractivity (Wildman–Crippen MR) is 89.3 cm³/mol. The second kappa shape index (κ2) is 6.62. The van der Waals surface area contributed by atoms with Crippen LogP contribution in [0.1, 0.15) is 31.7 Å². The van der Waals surface area contributed by atoms with E-state index >= 15 is 0 Å². The quantitative estimate of drug-likeness (QED) is 0.830. The second-order valence-electron chi connectivity index (χ2n) is 5.28. The number of anilines is 2. The first-order chi connectivity index (χ1) is 10.3. The number of nitrogens with zero attached hydrogens (tertiary/aromatic N) is 3. The SMILES string of the molecule is CCCNc1ncc(Cl)c(N(Cc2ccsc2)C2CC2)n1. The van der Waals surface area contributed by atoms with Gasteiger partial charge >= 0.3 is 0 Å². The van der Waals surface area contributed by atoms with E-state index in [1.807, 2.05) is 0 Å². The number of hydrogen-bond donors (Lipinski definition) is 1.